The van der Waals surface area contributed by atoms with Crippen molar-refractivity contribution < 1.29 is 24.8 Å². The second-order valence-electron chi connectivity index (χ2n) is 8.13. The molecule has 5 N–H and O–H groups in total. The Labute approximate surface area is 170 Å². The first-order valence-electron chi connectivity index (χ1n) is 10.3. The van der Waals surface area contributed by atoms with Crippen LogP contribution in [0.5, 0.6) is 5.75 Å². The van der Waals surface area contributed by atoms with Crippen molar-refractivity contribution in [2.45, 2.75) is 62.6 Å². The van der Waals surface area contributed by atoms with Gasteiger partial charge in [0.25, 0.3) is 0 Å². The monoisotopic (exact) mass is 399 g/mol. The lowest BCUT2D eigenvalue weighted by molar-refractivity contribution is -0.113. The maximum Gasteiger partial charge on any atom is 0.125 e. The molecule has 0 amide bonds. The van der Waals surface area contributed by atoms with Gasteiger partial charge in [-0.05, 0) is 54.2 Å². The van der Waals surface area contributed by atoms with E-state index in [-0.39, 0.29) is 31.0 Å². The van der Waals surface area contributed by atoms with Gasteiger partial charge in [-0.25, -0.2) is 0 Å². The van der Waals surface area contributed by atoms with E-state index in [4.69, 9.17) is 15.2 Å². The molecule has 0 spiro atoms. The minimum absolute atomic E-state index is 0.0955. The summed E-state index contributed by atoms with van der Waals surface area (Å²) in [6.45, 7) is -0.0955. The second-order valence-corrected chi connectivity index (χ2v) is 8.13. The molecule has 6 heteroatoms. The highest BCUT2D eigenvalue weighted by molar-refractivity contribution is 5.51. The number of aliphatic hydroxyl groups is 3. The van der Waals surface area contributed by atoms with Gasteiger partial charge in [-0.1, -0.05) is 24.3 Å². The zero-order valence-corrected chi connectivity index (χ0v) is 16.4. The van der Waals surface area contributed by atoms with Crippen LogP contribution in [0.4, 0.5) is 5.69 Å². The summed E-state index contributed by atoms with van der Waals surface area (Å²) in [6, 6.07) is 13.7. The number of nitrogens with two attached hydrogens (primary N) is 1. The van der Waals surface area contributed by atoms with E-state index in [2.05, 4.69) is 0 Å². The van der Waals surface area contributed by atoms with E-state index >= 15 is 0 Å². The lowest BCUT2D eigenvalue weighted by atomic mass is 9.92. The van der Waals surface area contributed by atoms with Crippen LogP contribution in [-0.4, -0.2) is 46.3 Å². The minimum atomic E-state index is -0.478. The SMILES string of the molecule is Nc1ccc([C@H]2C[C@@H](O)CC(CO)O2)cc1Cc1ccc(OC2CCC2O)cc1. The highest BCUT2D eigenvalue weighted by Crippen LogP contribution is 2.33. The van der Waals surface area contributed by atoms with E-state index < -0.39 is 6.10 Å². The van der Waals surface area contributed by atoms with Gasteiger partial charge >= 0.3 is 0 Å². The third-order valence-corrected chi connectivity index (χ3v) is 5.90. The number of aliphatic hydroxyl groups excluding tert-OH is 3. The van der Waals surface area contributed by atoms with Crippen molar-refractivity contribution in [2.75, 3.05) is 12.3 Å². The summed E-state index contributed by atoms with van der Waals surface area (Å²) in [5, 5.41) is 29.1. The molecule has 0 radical (unpaired) electrons. The molecule has 3 unspecified atom stereocenters. The molecule has 1 saturated carbocycles. The molecule has 5 atom stereocenters. The molecule has 2 aromatic carbocycles. The van der Waals surface area contributed by atoms with Crippen molar-refractivity contribution in [2.24, 2.45) is 0 Å². The number of hydrogen-bond acceptors (Lipinski definition) is 6. The minimum Gasteiger partial charge on any atom is -0.488 e. The first-order chi connectivity index (χ1) is 14.0. The number of rotatable bonds is 6. The molecule has 2 aromatic rings. The predicted molar refractivity (Wildman–Crippen MR) is 110 cm³/mol. The Balaban J connectivity index is 1.45. The summed E-state index contributed by atoms with van der Waals surface area (Å²) in [4.78, 5) is 0. The Morgan fingerprint density at radius 2 is 1.83 bits per heavy atom. The molecular formula is C23H29NO5. The summed E-state index contributed by atoms with van der Waals surface area (Å²) in [6.07, 6.45) is 1.82. The molecule has 156 valence electrons. The third kappa shape index (κ3) is 4.73. The molecule has 0 aromatic heterocycles. The van der Waals surface area contributed by atoms with Gasteiger partial charge < -0.3 is 30.5 Å². The van der Waals surface area contributed by atoms with E-state index in [0.29, 0.717) is 24.9 Å². The van der Waals surface area contributed by atoms with Crippen LogP contribution in [0, 0.1) is 0 Å². The highest BCUT2D eigenvalue weighted by Gasteiger charge is 2.31. The zero-order chi connectivity index (χ0) is 20.4. The van der Waals surface area contributed by atoms with Crippen LogP contribution in [0.1, 0.15) is 48.5 Å². The smallest absolute Gasteiger partial charge is 0.125 e. The average molecular weight is 399 g/mol. The maximum atomic E-state index is 10.1. The Bertz CT molecular complexity index is 825. The molecule has 29 heavy (non-hydrogen) atoms. The van der Waals surface area contributed by atoms with Crippen LogP contribution in [0.3, 0.4) is 0 Å². The van der Waals surface area contributed by atoms with Gasteiger partial charge in [-0.15, -0.1) is 0 Å². The van der Waals surface area contributed by atoms with Crippen LogP contribution in [0.25, 0.3) is 0 Å². The lowest BCUT2D eigenvalue weighted by Crippen LogP contribution is -2.41. The van der Waals surface area contributed by atoms with E-state index in [1.165, 1.54) is 0 Å². The summed E-state index contributed by atoms with van der Waals surface area (Å²) in [5.74, 6) is 0.763. The molecule has 0 bridgehead atoms. The Morgan fingerprint density at radius 3 is 2.48 bits per heavy atom. The number of ether oxygens (including phenoxy) is 2. The zero-order valence-electron chi connectivity index (χ0n) is 16.4. The van der Waals surface area contributed by atoms with Crippen molar-refractivity contribution in [3.63, 3.8) is 0 Å². The van der Waals surface area contributed by atoms with Crippen LogP contribution < -0.4 is 10.5 Å². The van der Waals surface area contributed by atoms with E-state index in [0.717, 1.165) is 35.3 Å². The summed E-state index contributed by atoms with van der Waals surface area (Å²) >= 11 is 0. The molecule has 1 aliphatic carbocycles. The normalized spacial score (nSPS) is 29.3. The van der Waals surface area contributed by atoms with Crippen molar-refractivity contribution in [3.8, 4) is 5.75 Å². The maximum absolute atomic E-state index is 10.1. The molecule has 2 fully saturated rings. The Morgan fingerprint density at radius 1 is 1.03 bits per heavy atom. The number of hydrogen-bond donors (Lipinski definition) is 4. The largest absolute Gasteiger partial charge is 0.488 e. The summed E-state index contributed by atoms with van der Waals surface area (Å²) in [5.41, 5.74) is 9.97. The van der Waals surface area contributed by atoms with E-state index in [9.17, 15) is 15.3 Å². The topological polar surface area (TPSA) is 105 Å². The number of anilines is 1. The van der Waals surface area contributed by atoms with Gasteiger partial charge in [-0.2, -0.15) is 0 Å². The quantitative estimate of drug-likeness (QED) is 0.556. The Hall–Kier alpha value is -2.12. The van der Waals surface area contributed by atoms with Crippen molar-refractivity contribution >= 4 is 5.69 Å². The molecule has 1 heterocycles. The van der Waals surface area contributed by atoms with Gasteiger partial charge in [0.15, 0.2) is 0 Å². The highest BCUT2D eigenvalue weighted by atomic mass is 16.5. The fourth-order valence-corrected chi connectivity index (χ4v) is 3.97. The fraction of sp³-hybridized carbons (Fsp3) is 0.478. The van der Waals surface area contributed by atoms with Crippen molar-refractivity contribution in [1.29, 1.82) is 0 Å². The van der Waals surface area contributed by atoms with Crippen LogP contribution in [0.15, 0.2) is 42.5 Å². The summed E-state index contributed by atoms with van der Waals surface area (Å²) < 4.78 is 11.7. The van der Waals surface area contributed by atoms with Gasteiger partial charge in [0.2, 0.25) is 0 Å². The summed E-state index contributed by atoms with van der Waals surface area (Å²) in [7, 11) is 0. The molecule has 1 aliphatic heterocycles. The lowest BCUT2D eigenvalue weighted by Gasteiger charge is -2.33. The second kappa shape index (κ2) is 8.71. The molecule has 4 rings (SSSR count). The van der Waals surface area contributed by atoms with Crippen LogP contribution in [-0.2, 0) is 11.2 Å². The molecule has 6 nitrogen and oxygen atoms in total. The first-order valence-corrected chi connectivity index (χ1v) is 10.3. The first kappa shape index (κ1) is 20.2. The van der Waals surface area contributed by atoms with Crippen molar-refractivity contribution in [3.05, 3.63) is 59.2 Å². The van der Waals surface area contributed by atoms with Gasteiger partial charge in [-0.3, -0.25) is 0 Å². The molecule has 2 aliphatic rings. The van der Waals surface area contributed by atoms with Gasteiger partial charge in [0.1, 0.15) is 11.9 Å². The van der Waals surface area contributed by atoms with Crippen LogP contribution in [0.2, 0.25) is 0 Å². The standard InChI is InChI=1S/C23H29NO5/c24-20-6-3-15(23-12-17(26)11-19(13-25)29-23)10-16(20)9-14-1-4-18(5-2-14)28-22-8-7-21(22)27/h1-6,10,17,19,21-23,25-27H,7-9,11-13,24H2/t17-,19?,21?,22?,23+/m0/s1. The predicted octanol–water partition coefficient (Wildman–Crippen LogP) is 2.33. The van der Waals surface area contributed by atoms with Gasteiger partial charge in [0, 0.05) is 18.5 Å². The average Bonchev–Trinajstić information content (AvgIpc) is 2.73. The Kier molecular flexibility index (Phi) is 6.06. The van der Waals surface area contributed by atoms with E-state index in [1.54, 1.807) is 0 Å². The fourth-order valence-electron chi connectivity index (χ4n) is 3.97. The molecular weight excluding hydrogens is 370 g/mol. The van der Waals surface area contributed by atoms with E-state index in [1.807, 2.05) is 42.5 Å². The third-order valence-electron chi connectivity index (χ3n) is 5.90. The van der Waals surface area contributed by atoms with Gasteiger partial charge in [0.05, 0.1) is 31.0 Å². The number of nitrogen functional groups attached to an aromatic ring is 1. The molecule has 1 saturated heterocycles. The number of benzene rings is 2. The van der Waals surface area contributed by atoms with Crippen LogP contribution >= 0.6 is 0 Å². The van der Waals surface area contributed by atoms with Crippen molar-refractivity contribution in [1.82, 2.24) is 0 Å².